The van der Waals surface area contributed by atoms with E-state index in [1.54, 1.807) is 24.3 Å². The maximum atomic E-state index is 12.9. The molecular formula is C25H36N2O3S. The van der Waals surface area contributed by atoms with Gasteiger partial charge in [0, 0.05) is 5.57 Å². The summed E-state index contributed by atoms with van der Waals surface area (Å²) in [6.45, 7) is 13.1. The number of hydrogen-bond acceptors (Lipinski definition) is 4. The summed E-state index contributed by atoms with van der Waals surface area (Å²) >= 11 is 0. The molecule has 2 atom stereocenters. The number of hydrogen-bond donors (Lipinski definition) is 2. The molecule has 0 spiro atoms. The van der Waals surface area contributed by atoms with Crippen LogP contribution in [-0.4, -0.2) is 24.8 Å². The van der Waals surface area contributed by atoms with Crippen molar-refractivity contribution >= 4 is 15.7 Å². The van der Waals surface area contributed by atoms with Crippen LogP contribution < -0.4 is 4.83 Å². The average Bonchev–Trinajstić information content (AvgIpc) is 2.55. The summed E-state index contributed by atoms with van der Waals surface area (Å²) in [5.41, 5.74) is 2.98. The standard InChI is InChI=1S/C25H36N2O3S/c1-17-7-9-19(10-8-17)31(29,30)27-26-20-13-22(2,3)11-18-12-24(6)14-23(4,5)15-25(28,16-24)21(18)20/h7-10,27-28H,11-16H2,1-6H3/b26-20-/t24-,25+/m1/s1. The van der Waals surface area contributed by atoms with Gasteiger partial charge in [0.15, 0.2) is 0 Å². The van der Waals surface area contributed by atoms with E-state index in [0.717, 1.165) is 30.4 Å². The van der Waals surface area contributed by atoms with Crippen molar-refractivity contribution in [3.63, 3.8) is 0 Å². The van der Waals surface area contributed by atoms with Crippen molar-refractivity contribution in [2.75, 3.05) is 0 Å². The molecule has 5 nitrogen and oxygen atoms in total. The Kier molecular flexibility index (Phi) is 5.03. The summed E-state index contributed by atoms with van der Waals surface area (Å²) in [6, 6.07) is 6.74. The monoisotopic (exact) mass is 444 g/mol. The van der Waals surface area contributed by atoms with Crippen molar-refractivity contribution < 1.29 is 13.5 Å². The van der Waals surface area contributed by atoms with Gasteiger partial charge in [-0.15, -0.1) is 0 Å². The smallest absolute Gasteiger partial charge is 0.276 e. The Bertz CT molecular complexity index is 1070. The van der Waals surface area contributed by atoms with Gasteiger partial charge in [-0.25, -0.2) is 0 Å². The number of benzene rings is 1. The van der Waals surface area contributed by atoms with Gasteiger partial charge >= 0.3 is 0 Å². The first kappa shape index (κ1) is 22.5. The van der Waals surface area contributed by atoms with Gasteiger partial charge < -0.3 is 5.11 Å². The second-order valence-electron chi connectivity index (χ2n) is 12.2. The number of allylic oxidation sites excluding steroid dienone is 1. The van der Waals surface area contributed by atoms with Crippen molar-refractivity contribution in [3.8, 4) is 0 Å². The molecule has 1 fully saturated rings. The molecule has 0 amide bonds. The number of nitrogens with one attached hydrogen (secondary N) is 1. The predicted octanol–water partition coefficient (Wildman–Crippen LogP) is 5.10. The summed E-state index contributed by atoms with van der Waals surface area (Å²) in [5.74, 6) is 0. The van der Waals surface area contributed by atoms with E-state index in [1.807, 2.05) is 6.92 Å². The van der Waals surface area contributed by atoms with Gasteiger partial charge in [-0.1, -0.05) is 57.9 Å². The molecule has 170 valence electrons. The van der Waals surface area contributed by atoms with E-state index in [2.05, 4.69) is 44.6 Å². The lowest BCUT2D eigenvalue weighted by Gasteiger charge is -2.57. The number of fused-ring (bicyclic) bond motifs is 3. The van der Waals surface area contributed by atoms with E-state index in [1.165, 1.54) is 5.57 Å². The van der Waals surface area contributed by atoms with Crippen LogP contribution in [0.4, 0.5) is 0 Å². The maximum absolute atomic E-state index is 12.9. The summed E-state index contributed by atoms with van der Waals surface area (Å²) in [5, 5.41) is 16.4. The molecular weight excluding hydrogens is 408 g/mol. The maximum Gasteiger partial charge on any atom is 0.276 e. The second kappa shape index (κ2) is 6.92. The van der Waals surface area contributed by atoms with E-state index in [9.17, 15) is 13.5 Å². The average molecular weight is 445 g/mol. The Morgan fingerprint density at radius 1 is 0.903 bits per heavy atom. The minimum atomic E-state index is -3.77. The van der Waals surface area contributed by atoms with Crippen molar-refractivity contribution in [1.82, 2.24) is 4.83 Å². The van der Waals surface area contributed by atoms with Gasteiger partial charge in [-0.3, -0.25) is 0 Å². The Balaban J connectivity index is 1.76. The zero-order valence-electron chi connectivity index (χ0n) is 19.7. The predicted molar refractivity (Wildman–Crippen MR) is 124 cm³/mol. The number of aliphatic hydroxyl groups is 1. The minimum absolute atomic E-state index is 0.0269. The van der Waals surface area contributed by atoms with Crippen molar-refractivity contribution in [2.45, 2.75) is 90.6 Å². The fourth-order valence-electron chi connectivity index (χ4n) is 6.86. The third-order valence-electron chi connectivity index (χ3n) is 7.11. The van der Waals surface area contributed by atoms with E-state index in [0.29, 0.717) is 25.0 Å². The topological polar surface area (TPSA) is 78.8 Å². The molecule has 0 heterocycles. The van der Waals surface area contributed by atoms with Gasteiger partial charge in [0.1, 0.15) is 0 Å². The summed E-state index contributed by atoms with van der Waals surface area (Å²) in [4.78, 5) is 2.67. The highest BCUT2D eigenvalue weighted by molar-refractivity contribution is 7.89. The number of aryl methyl sites for hydroxylation is 1. The van der Waals surface area contributed by atoms with Gasteiger partial charge in [0.05, 0.1) is 16.2 Å². The number of rotatable bonds is 3. The molecule has 0 aromatic heterocycles. The highest BCUT2D eigenvalue weighted by atomic mass is 32.2. The van der Waals surface area contributed by atoms with Gasteiger partial charge in [0.2, 0.25) is 0 Å². The summed E-state index contributed by atoms with van der Waals surface area (Å²) in [6.07, 6.45) is 4.99. The van der Waals surface area contributed by atoms with Crippen molar-refractivity contribution in [3.05, 3.63) is 41.0 Å². The molecule has 4 rings (SSSR count). The normalized spacial score (nSPS) is 33.2. The zero-order valence-corrected chi connectivity index (χ0v) is 20.5. The summed E-state index contributed by atoms with van der Waals surface area (Å²) in [7, 11) is -3.77. The summed E-state index contributed by atoms with van der Waals surface area (Å²) < 4.78 is 25.7. The first-order valence-electron chi connectivity index (χ1n) is 11.2. The fourth-order valence-corrected chi connectivity index (χ4v) is 7.69. The highest BCUT2D eigenvalue weighted by Gasteiger charge is 2.56. The van der Waals surface area contributed by atoms with Gasteiger partial charge in [-0.05, 0) is 73.8 Å². The molecule has 2 bridgehead atoms. The second-order valence-corrected chi connectivity index (χ2v) is 13.8. The first-order valence-corrected chi connectivity index (χ1v) is 12.7. The highest BCUT2D eigenvalue weighted by Crippen LogP contribution is 2.61. The molecule has 0 aliphatic heterocycles. The Morgan fingerprint density at radius 3 is 2.19 bits per heavy atom. The Labute approximate surface area is 187 Å². The van der Waals surface area contributed by atoms with E-state index < -0.39 is 15.6 Å². The molecule has 1 saturated carbocycles. The number of hydrazone groups is 1. The van der Waals surface area contributed by atoms with Crippen molar-refractivity contribution in [2.24, 2.45) is 21.3 Å². The van der Waals surface area contributed by atoms with E-state index in [4.69, 9.17) is 0 Å². The lowest BCUT2D eigenvalue weighted by molar-refractivity contribution is -0.0754. The molecule has 0 unspecified atom stereocenters. The van der Waals surface area contributed by atoms with Crippen LogP contribution in [0.5, 0.6) is 0 Å². The van der Waals surface area contributed by atoms with Crippen LogP contribution in [0.15, 0.2) is 45.4 Å². The largest absolute Gasteiger partial charge is 0.385 e. The van der Waals surface area contributed by atoms with Crippen LogP contribution in [0.2, 0.25) is 0 Å². The van der Waals surface area contributed by atoms with Crippen LogP contribution in [0.3, 0.4) is 0 Å². The van der Waals surface area contributed by atoms with Crippen molar-refractivity contribution in [1.29, 1.82) is 0 Å². The third kappa shape index (κ3) is 4.34. The lowest BCUT2D eigenvalue weighted by Crippen LogP contribution is -2.54. The van der Waals surface area contributed by atoms with Crippen LogP contribution in [0.1, 0.15) is 78.7 Å². The van der Waals surface area contributed by atoms with Crippen LogP contribution in [0.25, 0.3) is 0 Å². The Morgan fingerprint density at radius 2 is 1.55 bits per heavy atom. The van der Waals surface area contributed by atoms with Gasteiger partial charge in [0.25, 0.3) is 10.0 Å². The molecule has 31 heavy (non-hydrogen) atoms. The molecule has 0 radical (unpaired) electrons. The first-order chi connectivity index (χ1) is 14.1. The lowest BCUT2D eigenvalue weighted by atomic mass is 9.49. The SMILES string of the molecule is Cc1ccc(S(=O)(=O)N/N=C2/CC(C)(C)CC3=C2[C@]2(O)CC(C)(C)C[C@@](C)(C3)C2)cc1. The van der Waals surface area contributed by atoms with Gasteiger partial charge in [-0.2, -0.15) is 18.4 Å². The molecule has 3 aliphatic carbocycles. The zero-order chi connectivity index (χ0) is 22.9. The molecule has 1 aromatic rings. The molecule has 3 aliphatic rings. The molecule has 2 N–H and O–H groups in total. The number of sulfonamides is 1. The molecule has 0 saturated heterocycles. The van der Waals surface area contributed by atoms with E-state index >= 15 is 0 Å². The third-order valence-corrected chi connectivity index (χ3v) is 8.34. The molecule has 1 aromatic carbocycles. The van der Waals surface area contributed by atoms with Crippen LogP contribution >= 0.6 is 0 Å². The fraction of sp³-hybridized carbons (Fsp3) is 0.640. The Hall–Kier alpha value is -1.66. The van der Waals surface area contributed by atoms with Crippen LogP contribution in [0, 0.1) is 23.2 Å². The van der Waals surface area contributed by atoms with Crippen LogP contribution in [-0.2, 0) is 10.0 Å². The van der Waals surface area contributed by atoms with E-state index in [-0.39, 0.29) is 21.1 Å². The quantitative estimate of drug-likeness (QED) is 0.637. The minimum Gasteiger partial charge on any atom is -0.385 e. The molecule has 6 heteroatoms. The number of nitrogens with zero attached hydrogens (tertiary/aromatic N) is 1.